The molecule has 2 amide bonds. The van der Waals surface area contributed by atoms with Crippen molar-refractivity contribution in [2.75, 3.05) is 31.1 Å². The zero-order valence-electron chi connectivity index (χ0n) is 16.1. The van der Waals surface area contributed by atoms with Gasteiger partial charge in [-0.1, -0.05) is 0 Å². The Morgan fingerprint density at radius 2 is 1.93 bits per heavy atom. The number of nitro groups is 1. The number of non-ortho nitro benzene ring substituents is 1. The number of carbonyl (C=O) groups is 2. The van der Waals surface area contributed by atoms with Crippen LogP contribution in [0.2, 0.25) is 0 Å². The minimum Gasteiger partial charge on any atom is -1.00 e. The van der Waals surface area contributed by atoms with Gasteiger partial charge in [0, 0.05) is 29.4 Å². The molecular weight excluding hydrogens is 418 g/mol. The van der Waals surface area contributed by atoms with Crippen molar-refractivity contribution in [3.63, 3.8) is 0 Å². The molecule has 0 saturated carbocycles. The van der Waals surface area contributed by atoms with Gasteiger partial charge in [0.25, 0.3) is 17.5 Å². The van der Waals surface area contributed by atoms with Crippen molar-refractivity contribution in [1.29, 1.82) is 0 Å². The Labute approximate surface area is 179 Å². The van der Waals surface area contributed by atoms with E-state index in [1.54, 1.807) is 19.9 Å². The molecule has 0 spiro atoms. The van der Waals surface area contributed by atoms with Gasteiger partial charge >= 0.3 is 0 Å². The summed E-state index contributed by atoms with van der Waals surface area (Å²) in [5, 5.41) is 16.0. The Bertz CT molecular complexity index is 883. The van der Waals surface area contributed by atoms with Crippen LogP contribution >= 0.6 is 12.2 Å². The first-order valence-corrected chi connectivity index (χ1v) is 9.46. The molecule has 0 aromatic heterocycles. The van der Waals surface area contributed by atoms with Gasteiger partial charge in [0.2, 0.25) is 0 Å². The summed E-state index contributed by atoms with van der Waals surface area (Å²) < 4.78 is 0. The number of nitro benzene ring substituents is 1. The number of nitrogens with two attached hydrogens (primary N) is 1. The SMILES string of the molecule is CC(C)N1C(=O)/C(=C\c2cc([N+](=O)[O-])ccc2N2CC[NH2+]CC2)C(=O)NC1=S.[Cl-]. The van der Waals surface area contributed by atoms with Gasteiger partial charge < -0.3 is 22.6 Å². The Morgan fingerprint density at radius 3 is 2.52 bits per heavy atom. The second-order valence-electron chi connectivity index (χ2n) is 6.94. The highest BCUT2D eigenvalue weighted by Crippen LogP contribution is 2.29. The van der Waals surface area contributed by atoms with Crippen LogP contribution < -0.4 is 27.9 Å². The summed E-state index contributed by atoms with van der Waals surface area (Å²) in [7, 11) is 0. The monoisotopic (exact) mass is 439 g/mol. The molecule has 11 heteroatoms. The van der Waals surface area contributed by atoms with E-state index in [0.29, 0.717) is 5.56 Å². The molecule has 29 heavy (non-hydrogen) atoms. The largest absolute Gasteiger partial charge is 1.00 e. The normalized spacial score (nSPS) is 18.7. The molecule has 0 radical (unpaired) electrons. The second kappa shape index (κ2) is 9.29. The number of amides is 2. The Balaban J connectivity index is 0.00000300. The van der Waals surface area contributed by atoms with Crippen LogP contribution in [0.25, 0.3) is 6.08 Å². The highest BCUT2D eigenvalue weighted by atomic mass is 35.5. The molecule has 1 aromatic rings. The minimum absolute atomic E-state index is 0. The van der Waals surface area contributed by atoms with Crippen LogP contribution in [0.1, 0.15) is 19.4 Å². The van der Waals surface area contributed by atoms with E-state index in [4.69, 9.17) is 12.2 Å². The Morgan fingerprint density at radius 1 is 1.28 bits per heavy atom. The van der Waals surface area contributed by atoms with Crippen molar-refractivity contribution in [2.45, 2.75) is 19.9 Å². The number of nitrogens with zero attached hydrogens (tertiary/aromatic N) is 3. The number of benzene rings is 1. The molecule has 0 atom stereocenters. The van der Waals surface area contributed by atoms with Crippen molar-refractivity contribution in [2.24, 2.45) is 0 Å². The third kappa shape index (κ3) is 4.72. The summed E-state index contributed by atoms with van der Waals surface area (Å²) in [5.74, 6) is -1.11. The van der Waals surface area contributed by atoms with Crippen LogP contribution in [0, 0.1) is 10.1 Å². The van der Waals surface area contributed by atoms with E-state index in [2.05, 4.69) is 15.5 Å². The van der Waals surface area contributed by atoms with Crippen LogP contribution in [-0.4, -0.2) is 59.0 Å². The lowest BCUT2D eigenvalue weighted by atomic mass is 10.0. The number of hydrogen-bond donors (Lipinski definition) is 2. The third-order valence-corrected chi connectivity index (χ3v) is 5.02. The van der Waals surface area contributed by atoms with E-state index in [9.17, 15) is 19.7 Å². The van der Waals surface area contributed by atoms with Gasteiger partial charge in [-0.25, -0.2) is 0 Å². The van der Waals surface area contributed by atoms with Gasteiger partial charge in [0.1, 0.15) is 5.57 Å². The molecule has 2 aliphatic heterocycles. The molecule has 9 nitrogen and oxygen atoms in total. The summed E-state index contributed by atoms with van der Waals surface area (Å²) in [4.78, 5) is 39.5. The summed E-state index contributed by atoms with van der Waals surface area (Å²) >= 11 is 5.10. The van der Waals surface area contributed by atoms with Gasteiger partial charge in [0.05, 0.1) is 31.1 Å². The molecule has 1 aromatic carbocycles. The van der Waals surface area contributed by atoms with E-state index in [1.165, 1.54) is 23.1 Å². The molecule has 2 aliphatic rings. The molecule has 2 saturated heterocycles. The molecule has 0 unspecified atom stereocenters. The first kappa shape index (κ1) is 22.7. The third-order valence-electron chi connectivity index (χ3n) is 4.72. The molecular formula is C18H22ClN5O4S. The van der Waals surface area contributed by atoms with E-state index in [0.717, 1.165) is 31.9 Å². The van der Waals surface area contributed by atoms with Crippen LogP contribution in [0.5, 0.6) is 0 Å². The van der Waals surface area contributed by atoms with Crippen LogP contribution in [0.4, 0.5) is 11.4 Å². The Hall–Kier alpha value is -2.56. The van der Waals surface area contributed by atoms with Crippen molar-refractivity contribution < 1.29 is 32.2 Å². The van der Waals surface area contributed by atoms with Crippen LogP contribution in [0.15, 0.2) is 23.8 Å². The number of carbonyl (C=O) groups excluding carboxylic acids is 2. The number of quaternary nitrogens is 1. The molecule has 0 aliphatic carbocycles. The van der Waals surface area contributed by atoms with Gasteiger partial charge in [0.15, 0.2) is 5.11 Å². The van der Waals surface area contributed by atoms with E-state index in [-0.39, 0.29) is 34.8 Å². The van der Waals surface area contributed by atoms with E-state index >= 15 is 0 Å². The fraction of sp³-hybridized carbons (Fsp3) is 0.389. The lowest BCUT2D eigenvalue weighted by Gasteiger charge is -2.32. The topological polar surface area (TPSA) is 112 Å². The number of nitrogens with one attached hydrogen (secondary N) is 1. The lowest BCUT2D eigenvalue weighted by molar-refractivity contribution is -0.655. The zero-order valence-corrected chi connectivity index (χ0v) is 17.6. The van der Waals surface area contributed by atoms with Gasteiger partial charge in [-0.05, 0) is 38.2 Å². The van der Waals surface area contributed by atoms with Crippen molar-refractivity contribution in [3.8, 4) is 0 Å². The van der Waals surface area contributed by atoms with E-state index in [1.807, 2.05) is 0 Å². The number of anilines is 1. The second-order valence-corrected chi connectivity index (χ2v) is 7.33. The molecule has 3 rings (SSSR count). The van der Waals surface area contributed by atoms with Gasteiger partial charge in [-0.2, -0.15) is 0 Å². The zero-order chi connectivity index (χ0) is 20.4. The number of rotatable bonds is 4. The first-order chi connectivity index (χ1) is 13.3. The van der Waals surface area contributed by atoms with Crippen LogP contribution in [-0.2, 0) is 9.59 Å². The summed E-state index contributed by atoms with van der Waals surface area (Å²) in [6.45, 7) is 6.95. The summed E-state index contributed by atoms with van der Waals surface area (Å²) in [6.07, 6.45) is 1.43. The smallest absolute Gasteiger partial charge is 0.270 e. The molecule has 2 heterocycles. The Kier molecular flexibility index (Phi) is 7.28. The van der Waals surface area contributed by atoms with Crippen molar-refractivity contribution >= 4 is 46.6 Å². The highest BCUT2D eigenvalue weighted by Gasteiger charge is 2.35. The number of piperazine rings is 1. The summed E-state index contributed by atoms with van der Waals surface area (Å²) in [5.41, 5.74) is 1.04. The van der Waals surface area contributed by atoms with E-state index < -0.39 is 16.7 Å². The fourth-order valence-electron chi connectivity index (χ4n) is 3.35. The lowest BCUT2D eigenvalue weighted by Crippen LogP contribution is -3.00. The minimum atomic E-state index is -0.601. The highest BCUT2D eigenvalue weighted by molar-refractivity contribution is 7.80. The first-order valence-electron chi connectivity index (χ1n) is 9.05. The number of thiocarbonyl (C=S) groups is 1. The predicted octanol–water partition coefficient (Wildman–Crippen LogP) is -2.98. The quantitative estimate of drug-likeness (QED) is 0.170. The number of halogens is 1. The average Bonchev–Trinajstić information content (AvgIpc) is 2.65. The molecule has 3 N–H and O–H groups in total. The van der Waals surface area contributed by atoms with Crippen molar-refractivity contribution in [1.82, 2.24) is 10.2 Å². The van der Waals surface area contributed by atoms with Crippen LogP contribution in [0.3, 0.4) is 0 Å². The maximum Gasteiger partial charge on any atom is 0.270 e. The molecule has 0 bridgehead atoms. The van der Waals surface area contributed by atoms with Gasteiger partial charge in [-0.3, -0.25) is 29.9 Å². The number of hydrogen-bond acceptors (Lipinski definition) is 6. The van der Waals surface area contributed by atoms with Gasteiger partial charge in [-0.15, -0.1) is 0 Å². The average molecular weight is 440 g/mol. The standard InChI is InChI=1S/C18H21N5O4S.ClH/c1-11(2)22-17(25)14(16(24)20-18(22)28)10-12-9-13(23(26)27)3-4-15(12)21-7-5-19-6-8-21;/h3-4,9-11,19H,5-8H2,1-2H3,(H,20,24,28);1H/b14-10-;. The summed E-state index contributed by atoms with van der Waals surface area (Å²) in [6, 6.07) is 4.28. The maximum absolute atomic E-state index is 12.9. The fourth-order valence-corrected chi connectivity index (χ4v) is 3.73. The maximum atomic E-state index is 12.9. The molecule has 156 valence electrons. The van der Waals surface area contributed by atoms with Crippen molar-refractivity contribution in [3.05, 3.63) is 39.4 Å². The molecule has 2 fully saturated rings. The predicted molar refractivity (Wildman–Crippen MR) is 108 cm³/mol.